The summed E-state index contributed by atoms with van der Waals surface area (Å²) in [7, 11) is 0.252. The Kier molecular flexibility index (Phi) is 5.64. The molecule has 0 saturated carbocycles. The number of hydrogen-bond acceptors (Lipinski definition) is 4. The molecule has 6 nitrogen and oxygen atoms in total. The number of ether oxygens (including phenoxy) is 1. The minimum Gasteiger partial charge on any atom is -0.497 e. The summed E-state index contributed by atoms with van der Waals surface area (Å²) in [6, 6.07) is 7.63. The normalized spacial score (nSPS) is 17.0. The fraction of sp³-hybridized carbons (Fsp3) is 0.562. The van der Waals surface area contributed by atoms with Gasteiger partial charge in [0.25, 0.3) is 0 Å². The second-order valence-electron chi connectivity index (χ2n) is 5.98. The lowest BCUT2D eigenvalue weighted by molar-refractivity contribution is -0.135. The molecule has 23 heavy (non-hydrogen) atoms. The third-order valence-corrected chi connectivity index (χ3v) is 5.53. The van der Waals surface area contributed by atoms with Gasteiger partial charge in [-0.25, -0.2) is 12.7 Å². The van der Waals surface area contributed by atoms with Crippen LogP contribution >= 0.6 is 0 Å². The maximum Gasteiger partial charge on any atom is 0.225 e. The Morgan fingerprint density at radius 2 is 1.83 bits per heavy atom. The van der Waals surface area contributed by atoms with Gasteiger partial charge >= 0.3 is 0 Å². The Morgan fingerprint density at radius 1 is 1.26 bits per heavy atom. The molecule has 1 amide bonds. The number of rotatable bonds is 5. The SMILES string of the molecule is COc1ccc(CN(C)C(=O)C2CCN(S(C)(=O)=O)CC2)cc1. The average Bonchev–Trinajstić information content (AvgIpc) is 2.54. The summed E-state index contributed by atoms with van der Waals surface area (Å²) in [5, 5.41) is 0. The predicted molar refractivity (Wildman–Crippen MR) is 88.6 cm³/mol. The molecule has 1 fully saturated rings. The number of piperidine rings is 1. The number of benzene rings is 1. The molecule has 0 aromatic heterocycles. The van der Waals surface area contributed by atoms with Crippen LogP contribution < -0.4 is 4.74 Å². The molecule has 0 radical (unpaired) electrons. The van der Waals surface area contributed by atoms with Gasteiger partial charge in [0.1, 0.15) is 5.75 Å². The summed E-state index contributed by atoms with van der Waals surface area (Å²) in [4.78, 5) is 14.2. The number of carbonyl (C=O) groups is 1. The Labute approximate surface area is 138 Å². The van der Waals surface area contributed by atoms with Crippen molar-refractivity contribution < 1.29 is 17.9 Å². The first-order valence-corrected chi connectivity index (χ1v) is 9.49. The van der Waals surface area contributed by atoms with Crippen molar-refractivity contribution in [2.45, 2.75) is 19.4 Å². The van der Waals surface area contributed by atoms with Crippen molar-refractivity contribution in [2.75, 3.05) is 33.5 Å². The van der Waals surface area contributed by atoms with Crippen molar-refractivity contribution in [1.82, 2.24) is 9.21 Å². The molecule has 1 heterocycles. The highest BCUT2D eigenvalue weighted by molar-refractivity contribution is 7.88. The van der Waals surface area contributed by atoms with Crippen LogP contribution in [0.4, 0.5) is 0 Å². The summed E-state index contributed by atoms with van der Waals surface area (Å²) >= 11 is 0. The minimum absolute atomic E-state index is 0.0777. The lowest BCUT2D eigenvalue weighted by atomic mass is 9.96. The molecule has 1 aliphatic rings. The molecule has 128 valence electrons. The van der Waals surface area contributed by atoms with Gasteiger partial charge in [-0.1, -0.05) is 12.1 Å². The number of nitrogens with zero attached hydrogens (tertiary/aromatic N) is 2. The maximum absolute atomic E-state index is 12.5. The van der Waals surface area contributed by atoms with Crippen molar-refractivity contribution >= 4 is 15.9 Å². The van der Waals surface area contributed by atoms with Gasteiger partial charge in [-0.05, 0) is 30.5 Å². The summed E-state index contributed by atoms with van der Waals surface area (Å²) in [5.74, 6) is 0.765. The Balaban J connectivity index is 1.90. The lowest BCUT2D eigenvalue weighted by Crippen LogP contribution is -2.42. The van der Waals surface area contributed by atoms with E-state index in [9.17, 15) is 13.2 Å². The molecule has 0 bridgehead atoms. The molecule has 1 saturated heterocycles. The molecule has 0 spiro atoms. The molecule has 1 aromatic carbocycles. The first-order valence-electron chi connectivity index (χ1n) is 7.64. The van der Waals surface area contributed by atoms with E-state index in [1.165, 1.54) is 10.6 Å². The predicted octanol–water partition coefficient (Wildman–Crippen LogP) is 1.33. The van der Waals surface area contributed by atoms with Crippen LogP contribution in [0.5, 0.6) is 5.75 Å². The van der Waals surface area contributed by atoms with Gasteiger partial charge in [0.15, 0.2) is 0 Å². The van der Waals surface area contributed by atoms with Gasteiger partial charge in [0.05, 0.1) is 13.4 Å². The highest BCUT2D eigenvalue weighted by Crippen LogP contribution is 2.22. The van der Waals surface area contributed by atoms with Gasteiger partial charge in [-0.15, -0.1) is 0 Å². The number of sulfonamides is 1. The molecular weight excluding hydrogens is 316 g/mol. The zero-order valence-electron chi connectivity index (χ0n) is 13.9. The highest BCUT2D eigenvalue weighted by atomic mass is 32.2. The maximum atomic E-state index is 12.5. The Morgan fingerprint density at radius 3 is 2.30 bits per heavy atom. The van der Waals surface area contributed by atoms with E-state index >= 15 is 0 Å². The molecule has 0 aliphatic carbocycles. The van der Waals surface area contributed by atoms with Crippen LogP contribution in [0.25, 0.3) is 0 Å². The first-order chi connectivity index (χ1) is 10.8. The quantitative estimate of drug-likeness (QED) is 0.811. The van der Waals surface area contributed by atoms with Crippen LogP contribution in [0.15, 0.2) is 24.3 Å². The first kappa shape index (κ1) is 17.7. The van der Waals surface area contributed by atoms with Gasteiger partial charge in [0.2, 0.25) is 15.9 Å². The zero-order chi connectivity index (χ0) is 17.0. The topological polar surface area (TPSA) is 66.9 Å². The summed E-state index contributed by atoms with van der Waals surface area (Å²) < 4.78 is 29.6. The van der Waals surface area contributed by atoms with E-state index < -0.39 is 10.0 Å². The monoisotopic (exact) mass is 340 g/mol. The van der Waals surface area contributed by atoms with Crippen molar-refractivity contribution in [1.29, 1.82) is 0 Å². The largest absolute Gasteiger partial charge is 0.497 e. The Hall–Kier alpha value is -1.60. The lowest BCUT2D eigenvalue weighted by Gasteiger charge is -2.31. The average molecular weight is 340 g/mol. The summed E-state index contributed by atoms with van der Waals surface area (Å²) in [6.45, 7) is 1.38. The minimum atomic E-state index is -3.15. The fourth-order valence-corrected chi connectivity index (χ4v) is 3.70. The van der Waals surface area contributed by atoms with Crippen LogP contribution in [0.2, 0.25) is 0 Å². The number of hydrogen-bond donors (Lipinski definition) is 0. The van der Waals surface area contributed by atoms with Gasteiger partial charge in [0, 0.05) is 32.6 Å². The molecular formula is C16H24N2O4S. The van der Waals surface area contributed by atoms with Crippen molar-refractivity contribution in [3.63, 3.8) is 0 Å². The second kappa shape index (κ2) is 7.31. The van der Waals surface area contributed by atoms with E-state index in [1.807, 2.05) is 24.3 Å². The van der Waals surface area contributed by atoms with E-state index in [0.29, 0.717) is 32.5 Å². The smallest absolute Gasteiger partial charge is 0.225 e. The fourth-order valence-electron chi connectivity index (χ4n) is 2.83. The van der Waals surface area contributed by atoms with Crippen molar-refractivity contribution in [3.8, 4) is 5.75 Å². The van der Waals surface area contributed by atoms with Crippen LogP contribution in [-0.4, -0.2) is 57.0 Å². The van der Waals surface area contributed by atoms with E-state index in [-0.39, 0.29) is 11.8 Å². The van der Waals surface area contributed by atoms with Gasteiger partial charge < -0.3 is 9.64 Å². The van der Waals surface area contributed by atoms with Crippen LogP contribution in [-0.2, 0) is 21.4 Å². The van der Waals surface area contributed by atoms with Crippen molar-refractivity contribution in [3.05, 3.63) is 29.8 Å². The second-order valence-corrected chi connectivity index (χ2v) is 7.96. The number of amides is 1. The van der Waals surface area contributed by atoms with E-state index in [4.69, 9.17) is 4.74 Å². The Bertz CT molecular complexity index is 635. The number of carbonyl (C=O) groups excluding carboxylic acids is 1. The van der Waals surface area contributed by atoms with Crippen LogP contribution in [0.1, 0.15) is 18.4 Å². The highest BCUT2D eigenvalue weighted by Gasteiger charge is 2.30. The molecule has 7 heteroatoms. The molecule has 1 aromatic rings. The van der Waals surface area contributed by atoms with E-state index in [0.717, 1.165) is 11.3 Å². The van der Waals surface area contributed by atoms with E-state index in [2.05, 4.69) is 0 Å². The molecule has 0 N–H and O–H groups in total. The number of methoxy groups -OCH3 is 1. The third-order valence-electron chi connectivity index (χ3n) is 4.23. The van der Waals surface area contributed by atoms with Crippen LogP contribution in [0, 0.1) is 5.92 Å². The molecule has 0 unspecified atom stereocenters. The molecule has 1 aliphatic heterocycles. The van der Waals surface area contributed by atoms with Crippen molar-refractivity contribution in [2.24, 2.45) is 5.92 Å². The third kappa shape index (κ3) is 4.68. The van der Waals surface area contributed by atoms with Crippen LogP contribution in [0.3, 0.4) is 0 Å². The van der Waals surface area contributed by atoms with E-state index in [1.54, 1.807) is 19.1 Å². The zero-order valence-corrected chi connectivity index (χ0v) is 14.7. The van der Waals surface area contributed by atoms with Gasteiger partial charge in [-0.2, -0.15) is 0 Å². The summed E-state index contributed by atoms with van der Waals surface area (Å²) in [6.07, 6.45) is 2.38. The standard InChI is InChI=1S/C16H24N2O4S/c1-17(12-13-4-6-15(22-2)7-5-13)16(19)14-8-10-18(11-9-14)23(3,20)21/h4-7,14H,8-12H2,1-3H3. The summed E-state index contributed by atoms with van der Waals surface area (Å²) in [5.41, 5.74) is 1.04. The van der Waals surface area contributed by atoms with Gasteiger partial charge in [-0.3, -0.25) is 4.79 Å². The molecule has 0 atom stereocenters. The molecule has 2 rings (SSSR count).